The SMILES string of the molecule is N[C@@H](Cc1c[nH]c2ccccc12)C(=O)N1C[C@H]2CN(Cc3c[nH]c4ccc(Cl)cc34)C[C@H]2C1. The molecule has 0 aliphatic carbocycles. The highest BCUT2D eigenvalue weighted by Gasteiger charge is 2.42. The van der Waals surface area contributed by atoms with Crippen LogP contribution in [0.4, 0.5) is 0 Å². The number of likely N-dealkylation sites (tertiary alicyclic amines) is 2. The Balaban J connectivity index is 1.07. The Kier molecular flexibility index (Phi) is 5.17. The van der Waals surface area contributed by atoms with Crippen LogP contribution in [0.25, 0.3) is 21.8 Å². The number of hydrogen-bond donors (Lipinski definition) is 3. The minimum atomic E-state index is -0.505. The zero-order chi connectivity index (χ0) is 22.5. The maximum Gasteiger partial charge on any atom is 0.239 e. The predicted octanol–water partition coefficient (Wildman–Crippen LogP) is 3.76. The minimum Gasteiger partial charge on any atom is -0.361 e. The molecule has 0 radical (unpaired) electrons. The van der Waals surface area contributed by atoms with Crippen LogP contribution in [0.5, 0.6) is 0 Å². The zero-order valence-corrected chi connectivity index (χ0v) is 19.2. The van der Waals surface area contributed by atoms with Crippen molar-refractivity contribution >= 4 is 39.3 Å². The Morgan fingerprint density at radius 1 is 0.970 bits per heavy atom. The molecule has 0 saturated carbocycles. The molecule has 170 valence electrons. The van der Waals surface area contributed by atoms with Crippen LogP contribution < -0.4 is 5.73 Å². The molecule has 2 aliphatic heterocycles. The van der Waals surface area contributed by atoms with Crippen molar-refractivity contribution in [2.24, 2.45) is 17.6 Å². The molecule has 3 atom stereocenters. The maximum atomic E-state index is 13.1. The van der Waals surface area contributed by atoms with Gasteiger partial charge in [0.05, 0.1) is 6.04 Å². The van der Waals surface area contributed by atoms with Crippen molar-refractivity contribution in [2.75, 3.05) is 26.2 Å². The first-order valence-corrected chi connectivity index (χ1v) is 12.0. The van der Waals surface area contributed by atoms with E-state index < -0.39 is 6.04 Å². The summed E-state index contributed by atoms with van der Waals surface area (Å²) in [5, 5.41) is 3.10. The number of H-pyrrole nitrogens is 2. The molecule has 2 aromatic carbocycles. The highest BCUT2D eigenvalue weighted by Crippen LogP contribution is 2.33. The molecule has 0 bridgehead atoms. The molecule has 1 amide bonds. The summed E-state index contributed by atoms with van der Waals surface area (Å²) in [4.78, 5) is 24.2. The Hall–Kier alpha value is -2.80. The maximum absolute atomic E-state index is 13.1. The van der Waals surface area contributed by atoms with E-state index in [-0.39, 0.29) is 5.91 Å². The number of nitrogens with one attached hydrogen (secondary N) is 2. The number of rotatable bonds is 5. The fourth-order valence-corrected chi connectivity index (χ4v) is 5.95. The van der Waals surface area contributed by atoms with Gasteiger partial charge in [-0.1, -0.05) is 29.8 Å². The average Bonchev–Trinajstić information content (AvgIpc) is 3.57. The number of carbonyl (C=O) groups excluding carboxylic acids is 1. The van der Waals surface area contributed by atoms with Crippen molar-refractivity contribution in [1.82, 2.24) is 19.8 Å². The molecule has 2 saturated heterocycles. The largest absolute Gasteiger partial charge is 0.361 e. The summed E-state index contributed by atoms with van der Waals surface area (Å²) in [5.74, 6) is 1.11. The molecule has 6 nitrogen and oxygen atoms in total. The van der Waals surface area contributed by atoms with E-state index in [1.165, 1.54) is 10.9 Å². The number of hydrogen-bond acceptors (Lipinski definition) is 3. The van der Waals surface area contributed by atoms with Crippen molar-refractivity contribution in [2.45, 2.75) is 19.0 Å². The number of aromatic amines is 2. The minimum absolute atomic E-state index is 0.0764. The number of aromatic nitrogens is 2. The van der Waals surface area contributed by atoms with Crippen LogP contribution in [0, 0.1) is 11.8 Å². The van der Waals surface area contributed by atoms with Gasteiger partial charge in [-0.3, -0.25) is 9.69 Å². The monoisotopic (exact) mass is 461 g/mol. The third-order valence-corrected chi connectivity index (χ3v) is 7.66. The Labute approximate surface area is 197 Å². The summed E-state index contributed by atoms with van der Waals surface area (Å²) in [6.07, 6.45) is 4.63. The summed E-state index contributed by atoms with van der Waals surface area (Å²) < 4.78 is 0. The lowest BCUT2D eigenvalue weighted by molar-refractivity contribution is -0.131. The molecule has 33 heavy (non-hydrogen) atoms. The van der Waals surface area contributed by atoms with Gasteiger partial charge < -0.3 is 20.6 Å². The third-order valence-electron chi connectivity index (χ3n) is 7.43. The van der Waals surface area contributed by atoms with Crippen LogP contribution in [0.2, 0.25) is 5.02 Å². The van der Waals surface area contributed by atoms with Gasteiger partial charge in [-0.25, -0.2) is 0 Å². The van der Waals surface area contributed by atoms with E-state index in [0.29, 0.717) is 18.3 Å². The van der Waals surface area contributed by atoms with Gasteiger partial charge in [0.1, 0.15) is 0 Å². The molecule has 4 N–H and O–H groups in total. The summed E-state index contributed by atoms with van der Waals surface area (Å²) in [6.45, 7) is 4.54. The van der Waals surface area contributed by atoms with Crippen molar-refractivity contribution in [3.05, 3.63) is 71.0 Å². The summed E-state index contributed by atoms with van der Waals surface area (Å²) in [6, 6.07) is 13.6. The van der Waals surface area contributed by atoms with Gasteiger partial charge in [-0.05, 0) is 53.6 Å². The first kappa shape index (κ1) is 20.8. The number of halogens is 1. The van der Waals surface area contributed by atoms with Crippen molar-refractivity contribution < 1.29 is 4.79 Å². The van der Waals surface area contributed by atoms with Crippen molar-refractivity contribution in [3.63, 3.8) is 0 Å². The second-order valence-electron chi connectivity index (χ2n) is 9.63. The van der Waals surface area contributed by atoms with Crippen LogP contribution in [0.1, 0.15) is 11.1 Å². The van der Waals surface area contributed by atoms with E-state index in [0.717, 1.165) is 59.7 Å². The summed E-state index contributed by atoms with van der Waals surface area (Å²) in [5.41, 5.74) is 11.0. The molecule has 4 aromatic rings. The van der Waals surface area contributed by atoms with Gasteiger partial charge in [-0.15, -0.1) is 0 Å². The van der Waals surface area contributed by atoms with E-state index >= 15 is 0 Å². The van der Waals surface area contributed by atoms with Crippen LogP contribution >= 0.6 is 11.6 Å². The first-order valence-electron chi connectivity index (χ1n) is 11.6. The second kappa shape index (κ2) is 8.20. The highest BCUT2D eigenvalue weighted by atomic mass is 35.5. The van der Waals surface area contributed by atoms with Crippen LogP contribution in [-0.2, 0) is 17.8 Å². The zero-order valence-electron chi connectivity index (χ0n) is 18.4. The normalized spacial score (nSPS) is 21.8. The molecule has 4 heterocycles. The lowest BCUT2D eigenvalue weighted by atomic mass is 10.0. The fourth-order valence-electron chi connectivity index (χ4n) is 5.78. The number of amides is 1. The van der Waals surface area contributed by atoms with Gasteiger partial charge in [0.15, 0.2) is 0 Å². The number of para-hydroxylation sites is 1. The molecular weight excluding hydrogens is 434 g/mol. The van der Waals surface area contributed by atoms with Gasteiger partial charge in [-0.2, -0.15) is 0 Å². The summed E-state index contributed by atoms with van der Waals surface area (Å²) >= 11 is 6.21. The highest BCUT2D eigenvalue weighted by molar-refractivity contribution is 6.31. The number of carbonyl (C=O) groups is 1. The first-order chi connectivity index (χ1) is 16.0. The molecule has 2 aliphatic rings. The average molecular weight is 462 g/mol. The van der Waals surface area contributed by atoms with Crippen molar-refractivity contribution in [1.29, 1.82) is 0 Å². The quantitative estimate of drug-likeness (QED) is 0.423. The molecule has 0 unspecified atom stereocenters. The van der Waals surface area contributed by atoms with Crippen LogP contribution in [0.15, 0.2) is 54.9 Å². The third kappa shape index (κ3) is 3.82. The van der Waals surface area contributed by atoms with Crippen LogP contribution in [0.3, 0.4) is 0 Å². The summed E-state index contributed by atoms with van der Waals surface area (Å²) in [7, 11) is 0. The topological polar surface area (TPSA) is 81.2 Å². The van der Waals surface area contributed by atoms with Gasteiger partial charge >= 0.3 is 0 Å². The predicted molar refractivity (Wildman–Crippen MR) is 132 cm³/mol. The molecule has 2 fully saturated rings. The molecule has 7 heteroatoms. The molecule has 2 aromatic heterocycles. The molecular formula is C26H28ClN5O. The van der Waals surface area contributed by atoms with Gasteiger partial charge in [0.2, 0.25) is 5.91 Å². The lowest BCUT2D eigenvalue weighted by Crippen LogP contribution is -2.45. The smallest absolute Gasteiger partial charge is 0.239 e. The van der Waals surface area contributed by atoms with E-state index in [2.05, 4.69) is 27.1 Å². The van der Waals surface area contributed by atoms with Gasteiger partial charge in [0.25, 0.3) is 0 Å². The number of benzene rings is 2. The Bertz CT molecular complexity index is 1310. The Morgan fingerprint density at radius 3 is 2.45 bits per heavy atom. The van der Waals surface area contributed by atoms with Crippen molar-refractivity contribution in [3.8, 4) is 0 Å². The second-order valence-corrected chi connectivity index (χ2v) is 10.1. The lowest BCUT2D eigenvalue weighted by Gasteiger charge is -2.24. The molecule has 0 spiro atoms. The van der Waals surface area contributed by atoms with E-state index in [4.69, 9.17) is 17.3 Å². The van der Waals surface area contributed by atoms with Gasteiger partial charge in [0, 0.05) is 71.9 Å². The Morgan fingerprint density at radius 2 is 1.67 bits per heavy atom. The van der Waals surface area contributed by atoms with E-state index in [1.54, 1.807) is 0 Å². The fraction of sp³-hybridized carbons (Fsp3) is 0.346. The number of fused-ring (bicyclic) bond motifs is 3. The van der Waals surface area contributed by atoms with Crippen LogP contribution in [-0.4, -0.2) is 57.9 Å². The molecule has 6 rings (SSSR count). The van der Waals surface area contributed by atoms with E-state index in [1.807, 2.05) is 47.5 Å². The van der Waals surface area contributed by atoms with E-state index in [9.17, 15) is 4.79 Å². The standard InChI is InChI=1S/C26H28ClN5O/c27-20-5-6-25-22(8-20)17(10-30-25)11-31-12-18-14-32(15-19(18)13-31)26(33)23(28)7-16-9-29-24-4-2-1-3-21(16)24/h1-6,8-10,18-19,23,29-30H,7,11-15,28H2/t18-,19+,23-/m0/s1. The number of nitrogens with zero attached hydrogens (tertiary/aromatic N) is 2. The number of nitrogens with two attached hydrogens (primary N) is 1.